The van der Waals surface area contributed by atoms with Crippen molar-refractivity contribution >= 4 is 0 Å². The minimum atomic E-state index is -0.592. The molecule has 0 amide bonds. The summed E-state index contributed by atoms with van der Waals surface area (Å²) in [6.07, 6.45) is 2.86. The number of methoxy groups -OCH3 is 1. The van der Waals surface area contributed by atoms with Gasteiger partial charge in [0.1, 0.15) is 0 Å². The van der Waals surface area contributed by atoms with E-state index in [2.05, 4.69) is 12.1 Å². The molecular weight excluding hydrogens is 252 g/mol. The van der Waals surface area contributed by atoms with E-state index in [1.807, 2.05) is 12.1 Å². The molecule has 0 saturated heterocycles. The average molecular weight is 268 g/mol. The minimum Gasteiger partial charge on any atom is -0.493 e. The summed E-state index contributed by atoms with van der Waals surface area (Å²) in [6.45, 7) is 0.502. The summed E-state index contributed by atoms with van der Waals surface area (Å²) in [5, 5.41) is 18.9. The lowest BCUT2D eigenvalue weighted by Gasteiger charge is -2.43. The molecule has 4 heteroatoms. The van der Waals surface area contributed by atoms with Gasteiger partial charge in [0.25, 0.3) is 0 Å². The monoisotopic (exact) mass is 268 g/mol. The summed E-state index contributed by atoms with van der Waals surface area (Å²) in [5.74, 6) is 1.47. The quantitative estimate of drug-likeness (QED) is 0.827. The van der Waals surface area contributed by atoms with E-state index >= 15 is 0 Å². The molecule has 3 rings (SSSR count). The van der Waals surface area contributed by atoms with Crippen LogP contribution in [-0.4, -0.2) is 13.7 Å². The van der Waals surface area contributed by atoms with Crippen LogP contribution in [0.3, 0.4) is 0 Å². The normalized spacial score (nSPS) is 26.6. The number of benzene rings is 1. The van der Waals surface area contributed by atoms with Crippen molar-refractivity contribution in [2.75, 3.05) is 13.7 Å². The molecule has 0 radical (unpaired) electrons. The Kier molecular flexibility index (Phi) is 3.03. The second-order valence-corrected chi connectivity index (χ2v) is 5.41. The van der Waals surface area contributed by atoms with E-state index in [9.17, 15) is 5.26 Å². The fraction of sp³-hybridized carbons (Fsp3) is 0.500. The van der Waals surface area contributed by atoms with Gasteiger partial charge in [-0.25, -0.2) is 0 Å². The summed E-state index contributed by atoms with van der Waals surface area (Å²) in [5.41, 5.74) is 1.54. The van der Waals surface area contributed by atoms with Crippen molar-refractivity contribution in [1.29, 1.82) is 10.5 Å². The lowest BCUT2D eigenvalue weighted by atomic mass is 9.60. The van der Waals surface area contributed by atoms with Crippen LogP contribution in [0.15, 0.2) is 12.1 Å². The summed E-state index contributed by atoms with van der Waals surface area (Å²) in [6, 6.07) is 8.69. The number of hydrogen-bond acceptors (Lipinski definition) is 4. The van der Waals surface area contributed by atoms with Gasteiger partial charge in [-0.1, -0.05) is 6.07 Å². The Labute approximate surface area is 118 Å². The van der Waals surface area contributed by atoms with Crippen LogP contribution in [0.2, 0.25) is 0 Å². The second-order valence-electron chi connectivity index (χ2n) is 5.41. The summed E-state index contributed by atoms with van der Waals surface area (Å²) < 4.78 is 11.2. The molecule has 1 aliphatic carbocycles. The SMILES string of the molecule is COc1ccc2c3c1OCC[C@]3(C#N)[C@H](CC#N)CC2. The van der Waals surface area contributed by atoms with E-state index in [-0.39, 0.29) is 5.92 Å². The maximum absolute atomic E-state index is 9.85. The van der Waals surface area contributed by atoms with Gasteiger partial charge in [0.15, 0.2) is 11.5 Å². The topological polar surface area (TPSA) is 66.0 Å². The van der Waals surface area contributed by atoms with E-state index < -0.39 is 5.41 Å². The highest BCUT2D eigenvalue weighted by Crippen LogP contribution is 2.53. The van der Waals surface area contributed by atoms with Crippen LogP contribution >= 0.6 is 0 Å². The highest BCUT2D eigenvalue weighted by molar-refractivity contribution is 5.59. The third kappa shape index (κ3) is 1.58. The van der Waals surface area contributed by atoms with E-state index in [1.54, 1.807) is 7.11 Å². The van der Waals surface area contributed by atoms with Crippen LogP contribution in [0.25, 0.3) is 0 Å². The molecule has 0 fully saturated rings. The zero-order valence-electron chi connectivity index (χ0n) is 11.5. The third-order valence-corrected chi connectivity index (χ3v) is 4.61. The van der Waals surface area contributed by atoms with Crippen LogP contribution < -0.4 is 9.47 Å². The molecule has 2 aliphatic rings. The fourth-order valence-corrected chi connectivity index (χ4v) is 3.62. The Hall–Kier alpha value is -2.20. The van der Waals surface area contributed by atoms with Gasteiger partial charge in [-0.2, -0.15) is 10.5 Å². The maximum Gasteiger partial charge on any atom is 0.166 e. The van der Waals surface area contributed by atoms with Crippen molar-refractivity contribution in [3.05, 3.63) is 23.3 Å². The smallest absolute Gasteiger partial charge is 0.166 e. The largest absolute Gasteiger partial charge is 0.493 e. The molecule has 0 aromatic heterocycles. The second kappa shape index (κ2) is 4.72. The summed E-state index contributed by atoms with van der Waals surface area (Å²) in [7, 11) is 1.61. The molecule has 2 atom stereocenters. The molecule has 4 nitrogen and oxygen atoms in total. The number of aryl methyl sites for hydroxylation is 1. The number of nitriles is 2. The average Bonchev–Trinajstić information content (AvgIpc) is 2.50. The standard InChI is InChI=1S/C16H16N2O2/c1-19-13-5-3-11-2-4-12(6-8-17)16(10-18)7-9-20-15(13)14(11)16/h3,5,12H,2,4,6-7,9H2,1H3/t12-,16-/m0/s1. The Morgan fingerprint density at radius 1 is 1.45 bits per heavy atom. The number of hydrogen-bond donors (Lipinski definition) is 0. The van der Waals surface area contributed by atoms with E-state index in [0.717, 1.165) is 24.0 Å². The van der Waals surface area contributed by atoms with Gasteiger partial charge in [0.2, 0.25) is 0 Å². The Morgan fingerprint density at radius 2 is 2.30 bits per heavy atom. The lowest BCUT2D eigenvalue weighted by Crippen LogP contribution is -2.42. The van der Waals surface area contributed by atoms with Crippen molar-refractivity contribution in [3.8, 4) is 23.6 Å². The number of rotatable bonds is 2. The van der Waals surface area contributed by atoms with Crippen LogP contribution in [0, 0.1) is 28.6 Å². The fourth-order valence-electron chi connectivity index (χ4n) is 3.62. The molecule has 0 saturated carbocycles. The van der Waals surface area contributed by atoms with Crippen LogP contribution in [0.4, 0.5) is 0 Å². The molecule has 20 heavy (non-hydrogen) atoms. The highest BCUT2D eigenvalue weighted by atomic mass is 16.5. The first-order chi connectivity index (χ1) is 9.76. The molecule has 0 bridgehead atoms. The predicted octanol–water partition coefficient (Wildman–Crippen LogP) is 2.72. The van der Waals surface area contributed by atoms with Gasteiger partial charge in [-0.3, -0.25) is 0 Å². The Bertz CT molecular complexity index is 627. The molecule has 0 unspecified atom stereocenters. The van der Waals surface area contributed by atoms with Crippen molar-refractivity contribution in [3.63, 3.8) is 0 Å². The first-order valence-corrected chi connectivity index (χ1v) is 6.88. The maximum atomic E-state index is 9.85. The van der Waals surface area contributed by atoms with Crippen molar-refractivity contribution < 1.29 is 9.47 Å². The molecule has 0 N–H and O–H groups in total. The molecule has 1 aromatic carbocycles. The van der Waals surface area contributed by atoms with Gasteiger partial charge in [0, 0.05) is 18.4 Å². The molecule has 1 heterocycles. The zero-order valence-corrected chi connectivity index (χ0v) is 11.5. The number of ether oxygens (including phenoxy) is 2. The highest BCUT2D eigenvalue weighted by Gasteiger charge is 2.49. The van der Waals surface area contributed by atoms with Crippen molar-refractivity contribution in [2.24, 2.45) is 5.92 Å². The molecular formula is C16H16N2O2. The first kappa shape index (κ1) is 12.8. The third-order valence-electron chi connectivity index (χ3n) is 4.61. The Balaban J connectivity index is 2.24. The van der Waals surface area contributed by atoms with Crippen molar-refractivity contribution in [2.45, 2.75) is 31.1 Å². The predicted molar refractivity (Wildman–Crippen MR) is 72.4 cm³/mol. The lowest BCUT2D eigenvalue weighted by molar-refractivity contribution is 0.176. The van der Waals surface area contributed by atoms with E-state index in [1.165, 1.54) is 0 Å². The molecule has 1 aromatic rings. The van der Waals surface area contributed by atoms with E-state index in [4.69, 9.17) is 14.7 Å². The van der Waals surface area contributed by atoms with Gasteiger partial charge in [-0.05, 0) is 30.4 Å². The minimum absolute atomic E-state index is 0.0831. The van der Waals surface area contributed by atoms with Gasteiger partial charge in [0.05, 0.1) is 31.3 Å². The van der Waals surface area contributed by atoms with Gasteiger partial charge >= 0.3 is 0 Å². The Morgan fingerprint density at radius 3 is 3.00 bits per heavy atom. The zero-order chi connectivity index (χ0) is 14.2. The van der Waals surface area contributed by atoms with Crippen LogP contribution in [0.5, 0.6) is 11.5 Å². The molecule has 102 valence electrons. The summed E-state index contributed by atoms with van der Waals surface area (Å²) >= 11 is 0. The van der Waals surface area contributed by atoms with Gasteiger partial charge < -0.3 is 9.47 Å². The van der Waals surface area contributed by atoms with Gasteiger partial charge in [-0.15, -0.1) is 0 Å². The summed E-state index contributed by atoms with van der Waals surface area (Å²) in [4.78, 5) is 0. The van der Waals surface area contributed by atoms with Crippen LogP contribution in [-0.2, 0) is 11.8 Å². The molecule has 0 spiro atoms. The van der Waals surface area contributed by atoms with Crippen LogP contribution in [0.1, 0.15) is 30.4 Å². The first-order valence-electron chi connectivity index (χ1n) is 6.88. The van der Waals surface area contributed by atoms with E-state index in [0.29, 0.717) is 30.9 Å². The number of nitrogens with zero attached hydrogens (tertiary/aromatic N) is 2. The molecule has 1 aliphatic heterocycles. The van der Waals surface area contributed by atoms with Crippen molar-refractivity contribution in [1.82, 2.24) is 0 Å².